The van der Waals surface area contributed by atoms with Gasteiger partial charge in [0.05, 0.1) is 11.7 Å². The SMILES string of the molecule is NC(c1ccccn1)c1cc2cc(S(N)(=O)=O)oc2s1. The highest BCUT2D eigenvalue weighted by Crippen LogP contribution is 2.34. The summed E-state index contributed by atoms with van der Waals surface area (Å²) in [6.07, 6.45) is 1.67. The number of primary sulfonamides is 1. The Hall–Kier alpha value is -1.74. The van der Waals surface area contributed by atoms with Crippen molar-refractivity contribution in [1.82, 2.24) is 4.98 Å². The van der Waals surface area contributed by atoms with Gasteiger partial charge >= 0.3 is 0 Å². The van der Waals surface area contributed by atoms with Gasteiger partial charge in [-0.05, 0) is 18.2 Å². The van der Waals surface area contributed by atoms with E-state index in [1.165, 1.54) is 17.4 Å². The van der Waals surface area contributed by atoms with Gasteiger partial charge in [0.25, 0.3) is 10.0 Å². The minimum absolute atomic E-state index is 0.239. The van der Waals surface area contributed by atoms with Gasteiger partial charge in [0.2, 0.25) is 5.09 Å². The molecule has 0 aliphatic rings. The monoisotopic (exact) mass is 309 g/mol. The van der Waals surface area contributed by atoms with Crippen molar-refractivity contribution in [1.29, 1.82) is 0 Å². The number of hydrogen-bond donors (Lipinski definition) is 2. The molecule has 104 valence electrons. The molecule has 0 spiro atoms. The number of sulfonamides is 1. The average Bonchev–Trinajstić information content (AvgIpc) is 2.96. The molecule has 4 N–H and O–H groups in total. The molecule has 8 heteroatoms. The molecule has 0 bridgehead atoms. The van der Waals surface area contributed by atoms with Crippen molar-refractivity contribution in [3.8, 4) is 0 Å². The van der Waals surface area contributed by atoms with Gasteiger partial charge in [-0.2, -0.15) is 0 Å². The van der Waals surface area contributed by atoms with Gasteiger partial charge in [-0.15, -0.1) is 11.3 Å². The number of hydrogen-bond acceptors (Lipinski definition) is 6. The maximum Gasteiger partial charge on any atom is 0.271 e. The van der Waals surface area contributed by atoms with Gasteiger partial charge in [0, 0.05) is 22.5 Å². The molecule has 0 fully saturated rings. The van der Waals surface area contributed by atoms with Gasteiger partial charge < -0.3 is 10.2 Å². The van der Waals surface area contributed by atoms with Gasteiger partial charge in [-0.3, -0.25) is 4.98 Å². The lowest BCUT2D eigenvalue weighted by atomic mass is 10.1. The fraction of sp³-hybridized carbons (Fsp3) is 0.0833. The molecule has 1 unspecified atom stereocenters. The van der Waals surface area contributed by atoms with E-state index in [9.17, 15) is 8.42 Å². The van der Waals surface area contributed by atoms with E-state index in [4.69, 9.17) is 15.3 Å². The molecule has 3 aromatic rings. The van der Waals surface area contributed by atoms with Crippen LogP contribution in [0.3, 0.4) is 0 Å². The highest BCUT2D eigenvalue weighted by Gasteiger charge is 2.19. The second-order valence-electron chi connectivity index (χ2n) is 4.23. The number of nitrogens with two attached hydrogens (primary N) is 2. The van der Waals surface area contributed by atoms with E-state index >= 15 is 0 Å². The molecule has 20 heavy (non-hydrogen) atoms. The highest BCUT2D eigenvalue weighted by atomic mass is 32.2. The van der Waals surface area contributed by atoms with E-state index in [0.29, 0.717) is 10.3 Å². The zero-order valence-corrected chi connectivity index (χ0v) is 11.8. The van der Waals surface area contributed by atoms with Crippen LogP contribution in [0.25, 0.3) is 10.3 Å². The summed E-state index contributed by atoms with van der Waals surface area (Å²) in [5.74, 6) is 0. The van der Waals surface area contributed by atoms with E-state index in [0.717, 1.165) is 10.6 Å². The molecule has 1 atom stereocenters. The van der Waals surface area contributed by atoms with Crippen molar-refractivity contribution in [3.63, 3.8) is 0 Å². The first-order valence-corrected chi connectivity index (χ1v) is 8.04. The van der Waals surface area contributed by atoms with Crippen LogP contribution in [0.1, 0.15) is 16.6 Å². The summed E-state index contributed by atoms with van der Waals surface area (Å²) in [6, 6.07) is 8.32. The van der Waals surface area contributed by atoms with Crippen LogP contribution < -0.4 is 10.9 Å². The molecule has 3 aromatic heterocycles. The van der Waals surface area contributed by atoms with Crippen molar-refractivity contribution >= 4 is 31.6 Å². The van der Waals surface area contributed by atoms with Crippen molar-refractivity contribution in [3.05, 3.63) is 47.1 Å². The number of rotatable bonds is 3. The fourth-order valence-corrected chi connectivity index (χ4v) is 3.39. The van der Waals surface area contributed by atoms with E-state index in [-0.39, 0.29) is 11.1 Å². The molecule has 6 nitrogen and oxygen atoms in total. The normalized spacial score (nSPS) is 13.7. The Morgan fingerprint density at radius 3 is 2.70 bits per heavy atom. The van der Waals surface area contributed by atoms with Gasteiger partial charge in [0.1, 0.15) is 0 Å². The Kier molecular flexibility index (Phi) is 3.09. The second kappa shape index (κ2) is 4.67. The summed E-state index contributed by atoms with van der Waals surface area (Å²) in [6.45, 7) is 0. The van der Waals surface area contributed by atoms with Crippen molar-refractivity contribution < 1.29 is 12.8 Å². The van der Waals surface area contributed by atoms with Crippen LogP contribution in [0.15, 0.2) is 46.0 Å². The Morgan fingerprint density at radius 1 is 1.30 bits per heavy atom. The number of aromatic nitrogens is 1. The Balaban J connectivity index is 2.00. The van der Waals surface area contributed by atoms with Crippen LogP contribution in [-0.4, -0.2) is 13.4 Å². The highest BCUT2D eigenvalue weighted by molar-refractivity contribution is 7.89. The van der Waals surface area contributed by atoms with Crippen molar-refractivity contribution in [2.24, 2.45) is 10.9 Å². The number of fused-ring (bicyclic) bond motifs is 1. The molecule has 0 saturated heterocycles. The summed E-state index contributed by atoms with van der Waals surface area (Å²) >= 11 is 1.29. The summed E-state index contributed by atoms with van der Waals surface area (Å²) < 4.78 is 27.6. The second-order valence-corrected chi connectivity index (χ2v) is 6.77. The van der Waals surface area contributed by atoms with Crippen molar-refractivity contribution in [2.75, 3.05) is 0 Å². The molecule has 0 radical (unpaired) electrons. The zero-order valence-electron chi connectivity index (χ0n) is 10.2. The lowest BCUT2D eigenvalue weighted by Gasteiger charge is -2.07. The standard InChI is InChI=1S/C12H11N3O3S2/c13-11(8-3-1-2-4-15-8)9-5-7-6-10(20(14,16)17)18-12(7)19-9/h1-6,11H,13H2,(H2,14,16,17). The fourth-order valence-electron chi connectivity index (χ4n) is 1.83. The third-order valence-electron chi connectivity index (χ3n) is 2.80. The Morgan fingerprint density at radius 2 is 2.10 bits per heavy atom. The van der Waals surface area contributed by atoms with Crippen molar-refractivity contribution in [2.45, 2.75) is 11.1 Å². The third kappa shape index (κ3) is 2.34. The van der Waals surface area contributed by atoms with E-state index in [1.54, 1.807) is 12.3 Å². The number of furan rings is 1. The van der Waals surface area contributed by atoms with Gasteiger partial charge in [-0.25, -0.2) is 13.6 Å². The number of pyridine rings is 1. The summed E-state index contributed by atoms with van der Waals surface area (Å²) in [7, 11) is -3.82. The number of thiophene rings is 1. The Labute approximate surface area is 119 Å². The van der Waals surface area contributed by atoms with Crippen LogP contribution in [0.5, 0.6) is 0 Å². The lowest BCUT2D eigenvalue weighted by molar-refractivity contribution is 0.486. The van der Waals surface area contributed by atoms with E-state index in [1.807, 2.05) is 18.2 Å². The predicted molar refractivity (Wildman–Crippen MR) is 75.7 cm³/mol. The van der Waals surface area contributed by atoms with Crippen LogP contribution in [-0.2, 0) is 10.0 Å². The molecule has 0 aliphatic heterocycles. The summed E-state index contributed by atoms with van der Waals surface area (Å²) in [5, 5.41) is 5.45. The topological polar surface area (TPSA) is 112 Å². The van der Waals surface area contributed by atoms with Crippen LogP contribution in [0.4, 0.5) is 0 Å². The lowest BCUT2D eigenvalue weighted by Crippen LogP contribution is -2.11. The Bertz CT molecular complexity index is 821. The first-order chi connectivity index (χ1) is 9.45. The maximum atomic E-state index is 11.2. The molecular weight excluding hydrogens is 298 g/mol. The predicted octanol–water partition coefficient (Wildman–Crippen LogP) is 1.58. The minimum atomic E-state index is -3.82. The molecule has 0 amide bonds. The first-order valence-electron chi connectivity index (χ1n) is 5.68. The zero-order chi connectivity index (χ0) is 14.3. The molecule has 0 aromatic carbocycles. The maximum absolute atomic E-state index is 11.2. The molecule has 3 rings (SSSR count). The van der Waals surface area contributed by atoms with Gasteiger partial charge in [0.15, 0.2) is 4.90 Å². The summed E-state index contributed by atoms with van der Waals surface area (Å²) in [5.41, 5.74) is 6.87. The smallest absolute Gasteiger partial charge is 0.271 e. The number of nitrogens with zero attached hydrogens (tertiary/aromatic N) is 1. The first kappa shape index (κ1) is 13.3. The largest absolute Gasteiger partial charge is 0.433 e. The van der Waals surface area contributed by atoms with Crippen LogP contribution >= 0.6 is 11.3 Å². The quantitative estimate of drug-likeness (QED) is 0.763. The van der Waals surface area contributed by atoms with E-state index in [2.05, 4.69) is 4.98 Å². The third-order valence-corrected chi connectivity index (χ3v) is 4.68. The van der Waals surface area contributed by atoms with Crippen LogP contribution in [0, 0.1) is 0 Å². The molecule has 3 heterocycles. The molecular formula is C12H11N3O3S2. The van der Waals surface area contributed by atoms with Gasteiger partial charge in [-0.1, -0.05) is 6.07 Å². The van der Waals surface area contributed by atoms with Crippen LogP contribution in [0.2, 0.25) is 0 Å². The average molecular weight is 309 g/mol. The molecule has 0 saturated carbocycles. The summed E-state index contributed by atoms with van der Waals surface area (Å²) in [4.78, 5) is 5.53. The minimum Gasteiger partial charge on any atom is -0.433 e. The van der Waals surface area contributed by atoms with E-state index < -0.39 is 10.0 Å². The molecule has 0 aliphatic carbocycles.